The van der Waals surface area contributed by atoms with Gasteiger partial charge in [-0.25, -0.2) is 0 Å². The van der Waals surface area contributed by atoms with Crippen molar-refractivity contribution >= 4 is 67.9 Å². The average Bonchev–Trinajstić information content (AvgIpc) is 3.89. The molecule has 0 fully saturated rings. The Morgan fingerprint density at radius 2 is 1.08 bits per heavy atom. The standard InChI is InChI=1S/C59H53BN2S/c1-35(2)37-22-31-44-47(34-37)59(45-18-12-10-16-42(45)43-17-11-13-19-46(43)59)55-52(44)54-56(63-55)60-48-20-14-15-21-49(48)61(40-27-23-38(24-28-40)57(4,5)6)50-32-36(3)33-51(53(50)60)62(54)41-29-25-39(26-30-41)58(7,8)9/h10-35H,1-9H3. The SMILES string of the molecule is Cc1cc2c3c(c1)N(c1ccc(C(C)(C)C)cc1)c1c(sc4c1-c1ccc(C(C)C)cc1C41c4ccccc4-c4ccccc41)B3c1ccccc1N2c1ccc(C(C)(C)C)cc1. The zero-order valence-corrected chi connectivity index (χ0v) is 38.7. The molecule has 2 nitrogen and oxygen atoms in total. The summed E-state index contributed by atoms with van der Waals surface area (Å²) in [6.07, 6.45) is 0. The molecular formula is C59H53BN2S. The molecule has 0 bridgehead atoms. The second-order valence-electron chi connectivity index (χ2n) is 20.8. The van der Waals surface area contributed by atoms with Crippen molar-refractivity contribution in [3.05, 3.63) is 195 Å². The van der Waals surface area contributed by atoms with Gasteiger partial charge in [0.15, 0.2) is 0 Å². The van der Waals surface area contributed by atoms with Gasteiger partial charge >= 0.3 is 0 Å². The fraction of sp³-hybridized carbons (Fsp3) is 0.220. The fourth-order valence-corrected chi connectivity index (χ4v) is 13.2. The minimum Gasteiger partial charge on any atom is -0.311 e. The monoisotopic (exact) mass is 832 g/mol. The zero-order chi connectivity index (χ0) is 43.3. The number of rotatable bonds is 3. The topological polar surface area (TPSA) is 6.48 Å². The molecule has 2 aliphatic carbocycles. The van der Waals surface area contributed by atoms with Gasteiger partial charge in [0.1, 0.15) is 0 Å². The third-order valence-corrected chi connectivity index (χ3v) is 16.0. The van der Waals surface area contributed by atoms with Gasteiger partial charge in [0, 0.05) is 43.7 Å². The first-order valence-electron chi connectivity index (χ1n) is 22.8. The minimum absolute atomic E-state index is 0.0399. The smallest absolute Gasteiger partial charge is 0.264 e. The van der Waals surface area contributed by atoms with Crippen LogP contribution in [0.25, 0.3) is 22.3 Å². The minimum atomic E-state index is -0.438. The van der Waals surface area contributed by atoms with Crippen LogP contribution in [0.4, 0.5) is 34.1 Å². The first-order chi connectivity index (χ1) is 30.3. The highest BCUT2D eigenvalue weighted by atomic mass is 32.1. The second kappa shape index (κ2) is 13.2. The molecule has 0 saturated carbocycles. The maximum Gasteiger partial charge on any atom is 0.264 e. The molecule has 4 heteroatoms. The van der Waals surface area contributed by atoms with Crippen molar-refractivity contribution < 1.29 is 0 Å². The van der Waals surface area contributed by atoms with Crippen molar-refractivity contribution in [1.82, 2.24) is 0 Å². The van der Waals surface area contributed by atoms with Crippen LogP contribution < -0.4 is 25.5 Å². The Hall–Kier alpha value is -6.10. The summed E-state index contributed by atoms with van der Waals surface area (Å²) in [4.78, 5) is 6.66. The Balaban J connectivity index is 1.21. The van der Waals surface area contributed by atoms with Crippen LogP contribution in [0.5, 0.6) is 0 Å². The molecule has 2 aliphatic heterocycles. The summed E-state index contributed by atoms with van der Waals surface area (Å²) in [6, 6.07) is 59.0. The molecule has 0 amide bonds. The molecule has 0 unspecified atom stereocenters. The number of benzene rings is 7. The maximum absolute atomic E-state index is 2.67. The Bertz CT molecular complexity index is 3150. The summed E-state index contributed by atoms with van der Waals surface area (Å²) < 4.78 is 1.42. The number of hydrogen-bond donors (Lipinski definition) is 0. The Labute approximate surface area is 378 Å². The second-order valence-corrected chi connectivity index (χ2v) is 21.8. The van der Waals surface area contributed by atoms with E-state index in [2.05, 4.69) is 235 Å². The van der Waals surface area contributed by atoms with E-state index in [0.717, 1.165) is 0 Å². The number of aryl methyl sites for hydroxylation is 1. The first-order valence-corrected chi connectivity index (χ1v) is 23.6. The molecule has 3 heterocycles. The molecule has 8 aromatic rings. The van der Waals surface area contributed by atoms with Gasteiger partial charge in [0.2, 0.25) is 0 Å². The van der Waals surface area contributed by atoms with E-state index in [0.29, 0.717) is 5.92 Å². The van der Waals surface area contributed by atoms with Gasteiger partial charge in [0.25, 0.3) is 6.71 Å². The zero-order valence-electron chi connectivity index (χ0n) is 37.9. The number of para-hydroxylation sites is 1. The number of thiophene rings is 1. The van der Waals surface area contributed by atoms with E-state index in [1.165, 1.54) is 116 Å². The lowest BCUT2D eigenvalue weighted by Crippen LogP contribution is -2.60. The van der Waals surface area contributed by atoms with Gasteiger partial charge < -0.3 is 9.80 Å². The van der Waals surface area contributed by atoms with Gasteiger partial charge in [-0.15, -0.1) is 11.3 Å². The number of anilines is 6. The van der Waals surface area contributed by atoms with Crippen LogP contribution in [0.2, 0.25) is 0 Å². The lowest BCUT2D eigenvalue weighted by Gasteiger charge is -2.43. The van der Waals surface area contributed by atoms with E-state index in [-0.39, 0.29) is 17.5 Å². The summed E-state index contributed by atoms with van der Waals surface area (Å²) in [5.41, 5.74) is 24.9. The van der Waals surface area contributed by atoms with Crippen LogP contribution in [0.15, 0.2) is 152 Å². The molecule has 63 heavy (non-hydrogen) atoms. The molecule has 1 spiro atoms. The van der Waals surface area contributed by atoms with Crippen molar-refractivity contribution in [1.29, 1.82) is 0 Å². The van der Waals surface area contributed by atoms with Gasteiger partial charge in [-0.2, -0.15) is 0 Å². The van der Waals surface area contributed by atoms with Crippen molar-refractivity contribution in [3.8, 4) is 22.3 Å². The van der Waals surface area contributed by atoms with E-state index in [1.54, 1.807) is 0 Å². The van der Waals surface area contributed by atoms with Gasteiger partial charge in [-0.05, 0) is 133 Å². The van der Waals surface area contributed by atoms with E-state index >= 15 is 0 Å². The van der Waals surface area contributed by atoms with Crippen LogP contribution in [-0.4, -0.2) is 6.71 Å². The lowest BCUT2D eigenvalue weighted by molar-refractivity contribution is 0.590. The number of hydrogen-bond acceptors (Lipinski definition) is 3. The Morgan fingerprint density at radius 1 is 0.540 bits per heavy atom. The highest BCUT2D eigenvalue weighted by Crippen LogP contribution is 2.67. The molecule has 4 aliphatic rings. The predicted octanol–water partition coefficient (Wildman–Crippen LogP) is 14.2. The van der Waals surface area contributed by atoms with Crippen LogP contribution >= 0.6 is 11.3 Å². The number of nitrogens with zero attached hydrogens (tertiary/aromatic N) is 2. The molecule has 7 aromatic carbocycles. The average molecular weight is 833 g/mol. The van der Waals surface area contributed by atoms with Crippen molar-refractivity contribution in [3.63, 3.8) is 0 Å². The van der Waals surface area contributed by atoms with Gasteiger partial charge in [0.05, 0.1) is 11.1 Å². The first kappa shape index (κ1) is 38.6. The maximum atomic E-state index is 2.67. The van der Waals surface area contributed by atoms with Crippen LogP contribution in [0.1, 0.15) is 105 Å². The summed E-state index contributed by atoms with van der Waals surface area (Å²) in [5, 5.41) is 0. The molecule has 0 N–H and O–H groups in total. The quantitative estimate of drug-likeness (QED) is 0.164. The van der Waals surface area contributed by atoms with Gasteiger partial charge in [-0.1, -0.05) is 165 Å². The van der Waals surface area contributed by atoms with Crippen LogP contribution in [-0.2, 0) is 16.2 Å². The summed E-state index contributed by atoms with van der Waals surface area (Å²) in [5.74, 6) is 0.407. The van der Waals surface area contributed by atoms with Crippen molar-refractivity contribution in [2.75, 3.05) is 9.80 Å². The van der Waals surface area contributed by atoms with E-state index < -0.39 is 5.41 Å². The third kappa shape index (κ3) is 5.25. The van der Waals surface area contributed by atoms with E-state index in [4.69, 9.17) is 0 Å². The van der Waals surface area contributed by atoms with E-state index in [1.807, 2.05) is 0 Å². The van der Waals surface area contributed by atoms with Crippen molar-refractivity contribution in [2.24, 2.45) is 0 Å². The normalized spacial score (nSPS) is 14.9. The molecule has 0 atom stereocenters. The molecule has 1 aromatic heterocycles. The van der Waals surface area contributed by atoms with Crippen LogP contribution in [0.3, 0.4) is 0 Å². The predicted molar refractivity (Wildman–Crippen MR) is 271 cm³/mol. The highest BCUT2D eigenvalue weighted by molar-refractivity contribution is 7.30. The van der Waals surface area contributed by atoms with Crippen molar-refractivity contribution in [2.45, 2.75) is 84.5 Å². The Morgan fingerprint density at radius 3 is 1.67 bits per heavy atom. The number of fused-ring (bicyclic) bond motifs is 15. The Kier molecular flexibility index (Phi) is 8.09. The summed E-state index contributed by atoms with van der Waals surface area (Å²) in [7, 11) is 0. The molecule has 12 rings (SSSR count). The van der Waals surface area contributed by atoms with Gasteiger partial charge in [-0.3, -0.25) is 0 Å². The lowest BCUT2D eigenvalue weighted by atomic mass is 9.36. The third-order valence-electron chi connectivity index (χ3n) is 14.6. The fourth-order valence-electron chi connectivity index (χ4n) is 11.5. The largest absolute Gasteiger partial charge is 0.311 e. The molecule has 308 valence electrons. The summed E-state index contributed by atoms with van der Waals surface area (Å²) >= 11 is 2.07. The van der Waals surface area contributed by atoms with Crippen LogP contribution in [0, 0.1) is 6.92 Å². The molecular weight excluding hydrogens is 780 g/mol. The molecule has 0 radical (unpaired) electrons. The van der Waals surface area contributed by atoms with E-state index in [9.17, 15) is 0 Å². The summed E-state index contributed by atoms with van der Waals surface area (Å²) in [6.45, 7) is 20.8. The molecule has 0 saturated heterocycles. The highest BCUT2D eigenvalue weighted by Gasteiger charge is 2.57.